The molecule has 3 aromatic rings. The van der Waals surface area contributed by atoms with Crippen LogP contribution in [0.25, 0.3) is 11.3 Å². The first-order valence-corrected chi connectivity index (χ1v) is 11.2. The van der Waals surface area contributed by atoms with Crippen LogP contribution in [0.3, 0.4) is 0 Å². The standard InChI is InChI=1S/C24H22N4O6S/c1-13(29)14-5-7-16(8-6-14)26-20(30)12-35-24-27-21(17(11-25)23(31)28-24)15-9-18(32-2)22(34-4)19(10-15)33-3/h5-10H,12H2,1-4H3,(H,26,30)(H,27,28,31). The number of ether oxygens (including phenoxy) is 3. The van der Waals surface area contributed by atoms with Crippen molar-refractivity contribution in [2.24, 2.45) is 0 Å². The van der Waals surface area contributed by atoms with Gasteiger partial charge in [-0.25, -0.2) is 4.98 Å². The Labute approximate surface area is 205 Å². The van der Waals surface area contributed by atoms with Crippen LogP contribution in [-0.4, -0.2) is 48.7 Å². The van der Waals surface area contributed by atoms with Crippen LogP contribution >= 0.6 is 11.8 Å². The summed E-state index contributed by atoms with van der Waals surface area (Å²) in [5, 5.41) is 12.4. The molecule has 0 saturated carbocycles. The maximum atomic E-state index is 12.6. The summed E-state index contributed by atoms with van der Waals surface area (Å²) in [6.45, 7) is 1.46. The smallest absolute Gasteiger partial charge is 0.270 e. The Morgan fingerprint density at radius 2 is 1.71 bits per heavy atom. The van der Waals surface area contributed by atoms with Crippen LogP contribution in [0.2, 0.25) is 0 Å². The number of carbonyl (C=O) groups is 2. The van der Waals surface area contributed by atoms with E-state index < -0.39 is 5.56 Å². The number of Topliss-reactive ketones (excluding diaryl/α,β-unsaturated/α-hetero) is 1. The highest BCUT2D eigenvalue weighted by molar-refractivity contribution is 7.99. The monoisotopic (exact) mass is 494 g/mol. The number of nitrogens with one attached hydrogen (secondary N) is 2. The number of H-pyrrole nitrogens is 1. The van der Waals surface area contributed by atoms with Crippen molar-refractivity contribution in [1.82, 2.24) is 9.97 Å². The summed E-state index contributed by atoms with van der Waals surface area (Å²) in [6, 6.07) is 11.5. The van der Waals surface area contributed by atoms with Gasteiger partial charge in [0.2, 0.25) is 11.7 Å². The lowest BCUT2D eigenvalue weighted by Gasteiger charge is -2.14. The van der Waals surface area contributed by atoms with E-state index in [0.29, 0.717) is 34.1 Å². The lowest BCUT2D eigenvalue weighted by Crippen LogP contribution is -2.17. The van der Waals surface area contributed by atoms with Crippen molar-refractivity contribution >= 4 is 29.1 Å². The van der Waals surface area contributed by atoms with E-state index in [-0.39, 0.29) is 33.9 Å². The minimum atomic E-state index is -0.644. The molecule has 0 aliphatic carbocycles. The molecule has 180 valence electrons. The number of rotatable bonds is 9. The summed E-state index contributed by atoms with van der Waals surface area (Å²) < 4.78 is 16.0. The molecule has 2 aromatic carbocycles. The van der Waals surface area contributed by atoms with Gasteiger partial charge < -0.3 is 24.5 Å². The number of methoxy groups -OCH3 is 3. The summed E-state index contributed by atoms with van der Waals surface area (Å²) in [7, 11) is 4.36. The molecule has 0 fully saturated rings. The molecule has 1 heterocycles. The zero-order valence-corrected chi connectivity index (χ0v) is 20.2. The minimum Gasteiger partial charge on any atom is -0.493 e. The molecular formula is C24H22N4O6S. The number of hydrogen-bond donors (Lipinski definition) is 2. The predicted molar refractivity (Wildman–Crippen MR) is 130 cm³/mol. The number of aromatic amines is 1. The minimum absolute atomic E-state index is 0.0575. The van der Waals surface area contributed by atoms with Gasteiger partial charge in [0.25, 0.3) is 5.56 Å². The maximum absolute atomic E-state index is 12.6. The van der Waals surface area contributed by atoms with Crippen molar-refractivity contribution in [2.75, 3.05) is 32.4 Å². The number of aromatic nitrogens is 2. The normalized spacial score (nSPS) is 10.3. The van der Waals surface area contributed by atoms with Crippen LogP contribution in [0.5, 0.6) is 17.2 Å². The van der Waals surface area contributed by atoms with E-state index in [2.05, 4.69) is 15.3 Å². The molecule has 3 rings (SSSR count). The second kappa shape index (κ2) is 11.2. The molecule has 11 heteroatoms. The first-order chi connectivity index (χ1) is 16.8. The number of hydrogen-bond acceptors (Lipinski definition) is 9. The Morgan fingerprint density at radius 1 is 1.09 bits per heavy atom. The summed E-state index contributed by atoms with van der Waals surface area (Å²) >= 11 is 0.996. The number of carbonyl (C=O) groups excluding carboxylic acids is 2. The second-order valence-electron chi connectivity index (χ2n) is 7.09. The number of nitrogens with zero attached hydrogens (tertiary/aromatic N) is 2. The van der Waals surface area contributed by atoms with Crippen molar-refractivity contribution < 1.29 is 23.8 Å². The molecule has 2 N–H and O–H groups in total. The molecule has 1 aromatic heterocycles. The molecule has 0 unspecified atom stereocenters. The van der Waals surface area contributed by atoms with Gasteiger partial charge in [0.15, 0.2) is 22.4 Å². The summed E-state index contributed by atoms with van der Waals surface area (Å²) in [5.74, 6) is 0.543. The third-order valence-corrected chi connectivity index (χ3v) is 5.74. The van der Waals surface area contributed by atoms with Crippen LogP contribution < -0.4 is 25.1 Å². The molecule has 0 bridgehead atoms. The van der Waals surface area contributed by atoms with Crippen LogP contribution in [0.4, 0.5) is 5.69 Å². The van der Waals surface area contributed by atoms with Crippen molar-refractivity contribution in [3.05, 3.63) is 57.9 Å². The highest BCUT2D eigenvalue weighted by Crippen LogP contribution is 2.41. The zero-order valence-electron chi connectivity index (χ0n) is 19.4. The van der Waals surface area contributed by atoms with E-state index >= 15 is 0 Å². The van der Waals surface area contributed by atoms with Gasteiger partial charge in [-0.2, -0.15) is 5.26 Å². The third-order valence-electron chi connectivity index (χ3n) is 4.86. The largest absolute Gasteiger partial charge is 0.493 e. The van der Waals surface area contributed by atoms with Gasteiger partial charge in [-0.1, -0.05) is 11.8 Å². The van der Waals surface area contributed by atoms with Gasteiger partial charge in [0.05, 0.1) is 32.8 Å². The molecule has 0 radical (unpaired) electrons. The molecule has 0 spiro atoms. The topological polar surface area (TPSA) is 143 Å². The number of amides is 1. The molecule has 0 atom stereocenters. The van der Waals surface area contributed by atoms with E-state index in [4.69, 9.17) is 14.2 Å². The predicted octanol–water partition coefficient (Wildman–Crippen LogP) is 3.27. The average Bonchev–Trinajstić information content (AvgIpc) is 2.86. The molecule has 10 nitrogen and oxygen atoms in total. The Balaban J connectivity index is 1.86. The zero-order chi connectivity index (χ0) is 25.5. The van der Waals surface area contributed by atoms with E-state index in [9.17, 15) is 19.6 Å². The highest BCUT2D eigenvalue weighted by atomic mass is 32.2. The third kappa shape index (κ3) is 5.80. The number of anilines is 1. The van der Waals surface area contributed by atoms with Gasteiger partial charge >= 0.3 is 0 Å². The van der Waals surface area contributed by atoms with Gasteiger partial charge in [-0.3, -0.25) is 14.4 Å². The van der Waals surface area contributed by atoms with Gasteiger partial charge in [-0.15, -0.1) is 0 Å². The Kier molecular flexibility index (Phi) is 8.12. The quantitative estimate of drug-likeness (QED) is 0.260. The second-order valence-corrected chi connectivity index (χ2v) is 8.05. The van der Waals surface area contributed by atoms with Gasteiger partial charge in [0.1, 0.15) is 11.6 Å². The molecule has 0 aliphatic rings. The maximum Gasteiger partial charge on any atom is 0.270 e. The molecule has 0 saturated heterocycles. The lowest BCUT2D eigenvalue weighted by atomic mass is 10.1. The average molecular weight is 495 g/mol. The SMILES string of the molecule is COc1cc(-c2nc(SCC(=O)Nc3ccc(C(C)=O)cc3)[nH]c(=O)c2C#N)cc(OC)c1OC. The van der Waals surface area contributed by atoms with Crippen molar-refractivity contribution in [2.45, 2.75) is 12.1 Å². The lowest BCUT2D eigenvalue weighted by molar-refractivity contribution is -0.113. The highest BCUT2D eigenvalue weighted by Gasteiger charge is 2.20. The van der Waals surface area contributed by atoms with E-state index in [0.717, 1.165) is 11.8 Å². The summed E-state index contributed by atoms with van der Waals surface area (Å²) in [6.07, 6.45) is 0. The van der Waals surface area contributed by atoms with Crippen LogP contribution in [-0.2, 0) is 4.79 Å². The van der Waals surface area contributed by atoms with Crippen molar-refractivity contribution in [3.8, 4) is 34.6 Å². The fraction of sp³-hybridized carbons (Fsp3) is 0.208. The first kappa shape index (κ1) is 25.3. The number of thioether (sulfide) groups is 1. The molecular weight excluding hydrogens is 472 g/mol. The van der Waals surface area contributed by atoms with Gasteiger partial charge in [-0.05, 0) is 43.3 Å². The summed E-state index contributed by atoms with van der Waals surface area (Å²) in [5.41, 5.74) is 0.737. The number of nitriles is 1. The van der Waals surface area contributed by atoms with Crippen LogP contribution in [0.1, 0.15) is 22.8 Å². The molecule has 0 aliphatic heterocycles. The number of ketones is 1. The van der Waals surface area contributed by atoms with E-state index in [1.54, 1.807) is 36.4 Å². The molecule has 35 heavy (non-hydrogen) atoms. The fourth-order valence-corrected chi connectivity index (χ4v) is 3.83. The van der Waals surface area contributed by atoms with Crippen LogP contribution in [0, 0.1) is 11.3 Å². The number of benzene rings is 2. The van der Waals surface area contributed by atoms with E-state index in [1.165, 1.54) is 28.3 Å². The van der Waals surface area contributed by atoms with Gasteiger partial charge in [0, 0.05) is 16.8 Å². The Hall–Kier alpha value is -4.30. The molecule has 1 amide bonds. The Bertz CT molecular complexity index is 1340. The van der Waals surface area contributed by atoms with Crippen molar-refractivity contribution in [1.29, 1.82) is 5.26 Å². The van der Waals surface area contributed by atoms with Crippen LogP contribution in [0.15, 0.2) is 46.3 Å². The Morgan fingerprint density at radius 3 is 2.23 bits per heavy atom. The van der Waals surface area contributed by atoms with Crippen molar-refractivity contribution in [3.63, 3.8) is 0 Å². The van der Waals surface area contributed by atoms with E-state index in [1.807, 2.05) is 6.07 Å². The summed E-state index contributed by atoms with van der Waals surface area (Å²) in [4.78, 5) is 43.3. The first-order valence-electron chi connectivity index (χ1n) is 10.2. The fourth-order valence-electron chi connectivity index (χ4n) is 3.17.